The van der Waals surface area contributed by atoms with Crippen molar-refractivity contribution in [2.75, 3.05) is 18.5 Å². The topological polar surface area (TPSA) is 77.5 Å². The number of nitrogens with one attached hydrogen (secondary N) is 1. The van der Waals surface area contributed by atoms with E-state index < -0.39 is 11.9 Å². The minimum absolute atomic E-state index is 0.167. The third-order valence-corrected chi connectivity index (χ3v) is 4.28. The molecule has 2 aromatic rings. The molecule has 0 saturated carbocycles. The molecule has 2 rings (SSSR count). The third-order valence-electron chi connectivity index (χ3n) is 2.97. The number of esters is 2. The molecular formula is C17H17BrN2O4S. The predicted octanol–water partition coefficient (Wildman–Crippen LogP) is 3.99. The van der Waals surface area contributed by atoms with Gasteiger partial charge < -0.3 is 14.8 Å². The lowest BCUT2D eigenvalue weighted by Crippen LogP contribution is -2.19. The van der Waals surface area contributed by atoms with Crippen LogP contribution in [0.4, 0.5) is 5.13 Å². The van der Waals surface area contributed by atoms with Crippen LogP contribution in [0.25, 0.3) is 11.3 Å². The first-order valence-corrected chi connectivity index (χ1v) is 9.24. The van der Waals surface area contributed by atoms with Crippen molar-refractivity contribution in [3.63, 3.8) is 0 Å². The molecule has 0 amide bonds. The highest BCUT2D eigenvalue weighted by Gasteiger charge is 2.21. The van der Waals surface area contributed by atoms with Gasteiger partial charge in [0.2, 0.25) is 0 Å². The Morgan fingerprint density at radius 2 is 1.76 bits per heavy atom. The molecule has 8 heteroatoms. The Bertz CT molecular complexity index is 751. The molecule has 0 aliphatic carbocycles. The van der Waals surface area contributed by atoms with Crippen molar-refractivity contribution >= 4 is 44.3 Å². The smallest absolute Gasteiger partial charge is 0.347 e. The summed E-state index contributed by atoms with van der Waals surface area (Å²) in [6, 6.07) is 7.76. The van der Waals surface area contributed by atoms with Crippen LogP contribution in [0.3, 0.4) is 0 Å². The molecule has 1 aromatic carbocycles. The number of benzene rings is 1. The predicted molar refractivity (Wildman–Crippen MR) is 100 cm³/mol. The molecular weight excluding hydrogens is 408 g/mol. The number of ether oxygens (including phenoxy) is 2. The molecule has 0 aliphatic rings. The molecule has 0 aliphatic heterocycles. The molecule has 0 fully saturated rings. The largest absolute Gasteiger partial charge is 0.462 e. The minimum Gasteiger partial charge on any atom is -0.462 e. The average Bonchev–Trinajstić information content (AvgIpc) is 3.05. The number of aromatic nitrogens is 1. The Labute approximate surface area is 158 Å². The molecule has 0 unspecified atom stereocenters. The number of rotatable bonds is 7. The van der Waals surface area contributed by atoms with Gasteiger partial charge in [-0.2, -0.15) is 0 Å². The highest BCUT2D eigenvalue weighted by molar-refractivity contribution is 9.10. The molecule has 1 aromatic heterocycles. The number of thiazole rings is 1. The number of anilines is 1. The van der Waals surface area contributed by atoms with Crippen LogP contribution in [0.15, 0.2) is 45.9 Å². The first kappa shape index (κ1) is 19.1. The lowest BCUT2D eigenvalue weighted by molar-refractivity contribution is -0.146. The zero-order valence-corrected chi connectivity index (χ0v) is 16.1. The number of carbonyl (C=O) groups excluding carboxylic acids is 2. The summed E-state index contributed by atoms with van der Waals surface area (Å²) in [7, 11) is 0. The van der Waals surface area contributed by atoms with Gasteiger partial charge in [-0.15, -0.1) is 11.3 Å². The van der Waals surface area contributed by atoms with Crippen LogP contribution in [0.2, 0.25) is 0 Å². The van der Waals surface area contributed by atoms with Crippen LogP contribution in [0.1, 0.15) is 13.8 Å². The van der Waals surface area contributed by atoms with E-state index in [1.54, 1.807) is 13.8 Å². The Morgan fingerprint density at radius 3 is 2.32 bits per heavy atom. The second kappa shape index (κ2) is 9.33. The van der Waals surface area contributed by atoms with Crippen molar-refractivity contribution in [1.82, 2.24) is 4.98 Å². The van der Waals surface area contributed by atoms with E-state index in [0.29, 0.717) is 5.13 Å². The fourth-order valence-electron chi connectivity index (χ4n) is 1.85. The lowest BCUT2D eigenvalue weighted by Gasteiger charge is -2.06. The van der Waals surface area contributed by atoms with Crippen molar-refractivity contribution in [2.45, 2.75) is 13.8 Å². The van der Waals surface area contributed by atoms with Crippen LogP contribution < -0.4 is 5.32 Å². The molecule has 0 saturated heterocycles. The van der Waals surface area contributed by atoms with E-state index in [1.807, 2.05) is 29.6 Å². The first-order chi connectivity index (χ1) is 12.0. The second-order valence-corrected chi connectivity index (χ2v) is 6.46. The van der Waals surface area contributed by atoms with Crippen LogP contribution in [-0.2, 0) is 19.1 Å². The maximum absolute atomic E-state index is 11.9. The Morgan fingerprint density at radius 1 is 1.16 bits per heavy atom. The standard InChI is InChI=1S/C17H17BrN2O4S/c1-3-23-15(21)13(16(22)24-4-2)9-19-17-20-14(10-25-17)11-5-7-12(18)8-6-11/h5-10H,3-4H2,1-2H3,(H,19,20). The zero-order valence-electron chi connectivity index (χ0n) is 13.7. The highest BCUT2D eigenvalue weighted by Crippen LogP contribution is 2.26. The minimum atomic E-state index is -0.738. The molecule has 0 spiro atoms. The lowest BCUT2D eigenvalue weighted by atomic mass is 10.2. The van der Waals surface area contributed by atoms with Gasteiger partial charge in [0.05, 0.1) is 18.9 Å². The maximum atomic E-state index is 11.9. The first-order valence-electron chi connectivity index (χ1n) is 7.57. The number of halogens is 1. The van der Waals surface area contributed by atoms with E-state index in [-0.39, 0.29) is 18.8 Å². The van der Waals surface area contributed by atoms with E-state index in [4.69, 9.17) is 9.47 Å². The number of carbonyl (C=O) groups is 2. The summed E-state index contributed by atoms with van der Waals surface area (Å²) in [6.07, 6.45) is 1.26. The van der Waals surface area contributed by atoms with Gasteiger partial charge in [0.15, 0.2) is 10.7 Å². The summed E-state index contributed by atoms with van der Waals surface area (Å²) in [5.74, 6) is -1.48. The van der Waals surface area contributed by atoms with Crippen molar-refractivity contribution in [3.8, 4) is 11.3 Å². The summed E-state index contributed by atoms with van der Waals surface area (Å²) in [6.45, 7) is 3.67. The summed E-state index contributed by atoms with van der Waals surface area (Å²) in [5, 5.41) is 5.29. The van der Waals surface area contributed by atoms with Crippen molar-refractivity contribution in [1.29, 1.82) is 0 Å². The van der Waals surface area contributed by atoms with E-state index in [1.165, 1.54) is 17.5 Å². The molecule has 6 nitrogen and oxygen atoms in total. The van der Waals surface area contributed by atoms with Gasteiger partial charge in [-0.1, -0.05) is 28.1 Å². The van der Waals surface area contributed by atoms with Crippen LogP contribution in [-0.4, -0.2) is 30.1 Å². The molecule has 0 atom stereocenters. The van der Waals surface area contributed by atoms with E-state index in [0.717, 1.165) is 15.7 Å². The van der Waals surface area contributed by atoms with Crippen molar-refractivity contribution in [2.24, 2.45) is 0 Å². The monoisotopic (exact) mass is 424 g/mol. The summed E-state index contributed by atoms with van der Waals surface area (Å²) in [5.41, 5.74) is 1.55. The Kier molecular flexibility index (Phi) is 7.15. The summed E-state index contributed by atoms with van der Waals surface area (Å²) >= 11 is 4.75. The molecule has 25 heavy (non-hydrogen) atoms. The second-order valence-electron chi connectivity index (χ2n) is 4.69. The summed E-state index contributed by atoms with van der Waals surface area (Å²) < 4.78 is 10.7. The highest BCUT2D eigenvalue weighted by atomic mass is 79.9. The molecule has 0 radical (unpaired) electrons. The normalized spacial score (nSPS) is 10.0. The Hall–Kier alpha value is -2.19. The van der Waals surface area contributed by atoms with Gasteiger partial charge >= 0.3 is 11.9 Å². The Balaban J connectivity index is 2.15. The zero-order chi connectivity index (χ0) is 18.2. The van der Waals surface area contributed by atoms with Crippen molar-refractivity contribution in [3.05, 3.63) is 45.9 Å². The fourth-order valence-corrected chi connectivity index (χ4v) is 2.80. The van der Waals surface area contributed by atoms with Crippen LogP contribution in [0, 0.1) is 0 Å². The van der Waals surface area contributed by atoms with Gasteiger partial charge in [0.1, 0.15) is 0 Å². The van der Waals surface area contributed by atoms with Gasteiger partial charge in [-0.25, -0.2) is 14.6 Å². The SMILES string of the molecule is CCOC(=O)C(=CNc1nc(-c2ccc(Br)cc2)cs1)C(=O)OCC. The fraction of sp³-hybridized carbons (Fsp3) is 0.235. The number of hydrogen-bond acceptors (Lipinski definition) is 7. The molecule has 1 heterocycles. The number of hydrogen-bond donors (Lipinski definition) is 1. The van der Waals surface area contributed by atoms with Gasteiger partial charge in [-0.3, -0.25) is 0 Å². The van der Waals surface area contributed by atoms with Gasteiger partial charge in [0, 0.05) is 21.6 Å². The quantitative estimate of drug-likeness (QED) is 0.313. The van der Waals surface area contributed by atoms with Gasteiger partial charge in [-0.05, 0) is 26.0 Å². The molecule has 0 bridgehead atoms. The molecule has 132 valence electrons. The van der Waals surface area contributed by atoms with E-state index in [2.05, 4.69) is 26.2 Å². The third kappa shape index (κ3) is 5.40. The van der Waals surface area contributed by atoms with Crippen LogP contribution in [0.5, 0.6) is 0 Å². The molecule has 1 N–H and O–H groups in total. The van der Waals surface area contributed by atoms with Crippen molar-refractivity contribution < 1.29 is 19.1 Å². The summed E-state index contributed by atoms with van der Waals surface area (Å²) in [4.78, 5) is 28.2. The van der Waals surface area contributed by atoms with E-state index in [9.17, 15) is 9.59 Å². The van der Waals surface area contributed by atoms with E-state index >= 15 is 0 Å². The van der Waals surface area contributed by atoms with Gasteiger partial charge in [0.25, 0.3) is 0 Å². The average molecular weight is 425 g/mol. The number of nitrogens with zero attached hydrogens (tertiary/aromatic N) is 1. The van der Waals surface area contributed by atoms with Crippen LogP contribution >= 0.6 is 27.3 Å². The maximum Gasteiger partial charge on any atom is 0.347 e.